The van der Waals surface area contributed by atoms with E-state index >= 15 is 0 Å². The number of rotatable bonds is 4. The average molecular weight is 314 g/mol. The second kappa shape index (κ2) is 5.60. The van der Waals surface area contributed by atoms with Crippen LogP contribution in [0.3, 0.4) is 0 Å². The minimum atomic E-state index is -0.127. The molecular formula is C15H22N8. The van der Waals surface area contributed by atoms with Gasteiger partial charge in [-0.1, -0.05) is 26.0 Å². The third kappa shape index (κ3) is 3.15. The zero-order valence-corrected chi connectivity index (χ0v) is 14.2. The summed E-state index contributed by atoms with van der Waals surface area (Å²) in [5.41, 5.74) is 1.62. The third-order valence-corrected chi connectivity index (χ3v) is 3.55. The van der Waals surface area contributed by atoms with E-state index in [9.17, 15) is 0 Å². The van der Waals surface area contributed by atoms with Crippen molar-refractivity contribution < 1.29 is 0 Å². The molecule has 8 nitrogen and oxygen atoms in total. The van der Waals surface area contributed by atoms with E-state index in [1.54, 1.807) is 10.9 Å². The van der Waals surface area contributed by atoms with Crippen LogP contribution in [0.4, 0.5) is 5.82 Å². The number of anilines is 1. The highest BCUT2D eigenvalue weighted by atomic mass is 15.4. The summed E-state index contributed by atoms with van der Waals surface area (Å²) < 4.78 is 3.59. The summed E-state index contributed by atoms with van der Waals surface area (Å²) >= 11 is 0. The average Bonchev–Trinajstić information content (AvgIpc) is 3.05. The largest absolute Gasteiger partial charge is 0.367 e. The third-order valence-electron chi connectivity index (χ3n) is 3.55. The fourth-order valence-corrected chi connectivity index (χ4v) is 2.29. The van der Waals surface area contributed by atoms with Crippen LogP contribution in [-0.4, -0.2) is 41.3 Å². The van der Waals surface area contributed by atoms with Crippen molar-refractivity contribution in [1.29, 1.82) is 0 Å². The monoisotopic (exact) mass is 314 g/mol. The molecule has 23 heavy (non-hydrogen) atoms. The van der Waals surface area contributed by atoms with Crippen LogP contribution < -0.4 is 5.32 Å². The van der Waals surface area contributed by atoms with Gasteiger partial charge in [-0.3, -0.25) is 9.36 Å². The number of nitrogens with one attached hydrogen (secondary N) is 1. The van der Waals surface area contributed by atoms with Crippen LogP contribution in [0.2, 0.25) is 0 Å². The van der Waals surface area contributed by atoms with Crippen molar-refractivity contribution in [2.75, 3.05) is 11.9 Å². The summed E-state index contributed by atoms with van der Waals surface area (Å²) in [4.78, 5) is 9.36. The Morgan fingerprint density at radius 1 is 1.22 bits per heavy atom. The van der Waals surface area contributed by atoms with Gasteiger partial charge in [0.2, 0.25) is 0 Å². The maximum atomic E-state index is 4.70. The molecule has 122 valence electrons. The zero-order valence-electron chi connectivity index (χ0n) is 14.2. The highest BCUT2D eigenvalue weighted by Crippen LogP contribution is 2.25. The number of hydrogen-bond acceptors (Lipinski definition) is 6. The Bertz CT molecular complexity index is 824. The molecule has 0 saturated carbocycles. The first-order valence-electron chi connectivity index (χ1n) is 7.65. The minimum absolute atomic E-state index is 0.127. The van der Waals surface area contributed by atoms with Crippen LogP contribution in [0.25, 0.3) is 11.0 Å². The second-order valence-corrected chi connectivity index (χ2v) is 6.70. The number of aryl methyl sites for hydroxylation is 2. The van der Waals surface area contributed by atoms with Gasteiger partial charge in [0, 0.05) is 25.2 Å². The lowest BCUT2D eigenvalue weighted by molar-refractivity contribution is 0.546. The quantitative estimate of drug-likeness (QED) is 0.788. The minimum Gasteiger partial charge on any atom is -0.367 e. The molecule has 0 spiro atoms. The van der Waals surface area contributed by atoms with Gasteiger partial charge in [0.05, 0.1) is 23.8 Å². The van der Waals surface area contributed by atoms with E-state index in [1.165, 1.54) is 0 Å². The highest BCUT2D eigenvalue weighted by Gasteiger charge is 2.21. The summed E-state index contributed by atoms with van der Waals surface area (Å²) in [7, 11) is 1.89. The van der Waals surface area contributed by atoms with Crippen molar-refractivity contribution in [2.45, 2.75) is 39.7 Å². The number of fused-ring (bicyclic) bond motifs is 1. The molecule has 0 unspecified atom stereocenters. The van der Waals surface area contributed by atoms with E-state index < -0.39 is 0 Å². The molecule has 1 N–H and O–H groups in total. The maximum absolute atomic E-state index is 4.70. The molecule has 0 aromatic carbocycles. The second-order valence-electron chi connectivity index (χ2n) is 6.70. The predicted octanol–water partition coefficient (Wildman–Crippen LogP) is 1.67. The summed E-state index contributed by atoms with van der Waals surface area (Å²) in [6.07, 6.45) is 3.71. The lowest BCUT2D eigenvalue weighted by atomic mass is 9.95. The van der Waals surface area contributed by atoms with Gasteiger partial charge in [0.15, 0.2) is 5.65 Å². The van der Waals surface area contributed by atoms with Gasteiger partial charge >= 0.3 is 0 Å². The van der Waals surface area contributed by atoms with Gasteiger partial charge in [-0.15, -0.1) is 5.10 Å². The standard InChI is InChI=1S/C15H22N8/c1-10-9-23(21-20-10)7-6-16-12-11-8-17-22(5)13(11)19-14(18-12)15(2,3)4/h8-9H,6-7H2,1-5H3,(H,16,18,19). The van der Waals surface area contributed by atoms with E-state index in [0.29, 0.717) is 6.54 Å². The molecule has 0 bridgehead atoms. The normalized spacial score (nSPS) is 12.0. The van der Waals surface area contributed by atoms with Gasteiger partial charge in [-0.05, 0) is 6.92 Å². The van der Waals surface area contributed by atoms with Gasteiger partial charge < -0.3 is 5.32 Å². The molecule has 8 heteroatoms. The molecule has 0 aliphatic carbocycles. The van der Waals surface area contributed by atoms with Crippen molar-refractivity contribution in [2.24, 2.45) is 7.05 Å². The molecule has 0 aliphatic heterocycles. The summed E-state index contributed by atoms with van der Waals surface area (Å²) in [6, 6.07) is 0. The van der Waals surface area contributed by atoms with Gasteiger partial charge in [-0.25, -0.2) is 9.97 Å². The molecule has 3 aromatic heterocycles. The Morgan fingerprint density at radius 2 is 2.00 bits per heavy atom. The molecule has 0 atom stereocenters. The highest BCUT2D eigenvalue weighted by molar-refractivity contribution is 5.86. The number of nitrogens with zero attached hydrogens (tertiary/aromatic N) is 7. The summed E-state index contributed by atoms with van der Waals surface area (Å²) in [5.74, 6) is 1.61. The Hall–Kier alpha value is -2.51. The van der Waals surface area contributed by atoms with Crippen molar-refractivity contribution in [3.8, 4) is 0 Å². The van der Waals surface area contributed by atoms with E-state index in [4.69, 9.17) is 4.98 Å². The van der Waals surface area contributed by atoms with E-state index in [-0.39, 0.29) is 5.41 Å². The number of hydrogen-bond donors (Lipinski definition) is 1. The first-order valence-corrected chi connectivity index (χ1v) is 7.65. The molecule has 0 aliphatic rings. The Kier molecular flexibility index (Phi) is 3.75. The molecular weight excluding hydrogens is 292 g/mol. The molecule has 3 rings (SSSR count). The SMILES string of the molecule is Cc1cn(CCNc2nc(C(C)(C)C)nc3c2cnn3C)nn1. The topological polar surface area (TPSA) is 86.3 Å². The Labute approximate surface area is 134 Å². The van der Waals surface area contributed by atoms with E-state index in [2.05, 4.69) is 46.5 Å². The summed E-state index contributed by atoms with van der Waals surface area (Å²) in [5, 5.41) is 16.6. The van der Waals surface area contributed by atoms with Crippen LogP contribution >= 0.6 is 0 Å². The first-order chi connectivity index (χ1) is 10.8. The van der Waals surface area contributed by atoms with Crippen molar-refractivity contribution in [3.63, 3.8) is 0 Å². The Balaban J connectivity index is 1.86. The van der Waals surface area contributed by atoms with Crippen LogP contribution in [-0.2, 0) is 19.0 Å². The number of aromatic nitrogens is 7. The van der Waals surface area contributed by atoms with Crippen LogP contribution in [0.15, 0.2) is 12.4 Å². The lowest BCUT2D eigenvalue weighted by Gasteiger charge is -2.18. The molecule has 3 heterocycles. The summed E-state index contributed by atoms with van der Waals surface area (Å²) in [6.45, 7) is 9.66. The van der Waals surface area contributed by atoms with Crippen LogP contribution in [0.5, 0.6) is 0 Å². The molecule has 0 radical (unpaired) electrons. The van der Waals surface area contributed by atoms with Gasteiger partial charge in [0.1, 0.15) is 11.6 Å². The van der Waals surface area contributed by atoms with E-state index in [1.807, 2.05) is 24.9 Å². The fraction of sp³-hybridized carbons (Fsp3) is 0.533. The Morgan fingerprint density at radius 3 is 2.65 bits per heavy atom. The lowest BCUT2D eigenvalue weighted by Crippen LogP contribution is -2.19. The predicted molar refractivity (Wildman–Crippen MR) is 88.3 cm³/mol. The van der Waals surface area contributed by atoms with Crippen molar-refractivity contribution in [1.82, 2.24) is 34.7 Å². The molecule has 0 fully saturated rings. The first kappa shape index (κ1) is 15.4. The smallest absolute Gasteiger partial charge is 0.163 e. The molecule has 0 saturated heterocycles. The molecule has 3 aromatic rings. The van der Waals surface area contributed by atoms with Gasteiger partial charge in [-0.2, -0.15) is 5.10 Å². The van der Waals surface area contributed by atoms with Crippen LogP contribution in [0.1, 0.15) is 32.3 Å². The maximum Gasteiger partial charge on any atom is 0.163 e. The van der Waals surface area contributed by atoms with Crippen molar-refractivity contribution in [3.05, 3.63) is 23.9 Å². The zero-order chi connectivity index (χ0) is 16.6. The fourth-order valence-electron chi connectivity index (χ4n) is 2.29. The van der Waals surface area contributed by atoms with Gasteiger partial charge in [0.25, 0.3) is 0 Å². The van der Waals surface area contributed by atoms with Crippen LogP contribution in [0, 0.1) is 6.92 Å². The molecule has 0 amide bonds. The van der Waals surface area contributed by atoms with E-state index in [0.717, 1.165) is 34.9 Å². The van der Waals surface area contributed by atoms with Crippen molar-refractivity contribution >= 4 is 16.9 Å².